The topological polar surface area (TPSA) is 36.9 Å². The molecule has 268 valence electrons. The van der Waals surface area contributed by atoms with Gasteiger partial charge in [-0.2, -0.15) is 0 Å². The Bertz CT molecular complexity index is 2830. The summed E-state index contributed by atoms with van der Waals surface area (Å²) in [6, 6.07) is 41.2. The van der Waals surface area contributed by atoms with Gasteiger partial charge in [0.2, 0.25) is 0 Å². The first-order chi connectivity index (χ1) is 25.3. The van der Waals surface area contributed by atoms with Gasteiger partial charge < -0.3 is 0 Å². The third kappa shape index (κ3) is 4.86. The second kappa shape index (κ2) is 11.8. The minimum atomic E-state index is -0.0576. The van der Waals surface area contributed by atoms with E-state index in [9.17, 15) is 0 Å². The minimum absolute atomic E-state index is 0.00636. The molecule has 5 aromatic carbocycles. The fraction of sp³-hybridized carbons (Fsp3) is 0.234. The first-order valence-electron chi connectivity index (χ1n) is 18.4. The van der Waals surface area contributed by atoms with E-state index < -0.39 is 0 Å². The molecule has 0 aliphatic heterocycles. The molecule has 0 N–H and O–H groups in total. The fourth-order valence-corrected chi connectivity index (χ4v) is 9.89. The van der Waals surface area contributed by atoms with E-state index in [0.717, 1.165) is 49.0 Å². The summed E-state index contributed by atoms with van der Waals surface area (Å²) in [4.78, 5) is 4.91. The molecule has 0 bridgehead atoms. The van der Waals surface area contributed by atoms with Crippen LogP contribution in [0.15, 0.2) is 121 Å². The average molecular weight is 876 g/mol. The molecule has 53 heavy (non-hydrogen) atoms. The molecule has 0 atom stereocenters. The van der Waals surface area contributed by atoms with Gasteiger partial charge in [-0.3, -0.25) is 0 Å². The Morgan fingerprint density at radius 1 is 0.566 bits per heavy atom. The van der Waals surface area contributed by atoms with Crippen molar-refractivity contribution in [2.75, 3.05) is 0 Å². The van der Waals surface area contributed by atoms with Crippen LogP contribution in [0.1, 0.15) is 63.8 Å². The van der Waals surface area contributed by atoms with Gasteiger partial charge in [0.05, 0.1) is 0 Å². The zero-order chi connectivity index (χ0) is 37.0. The van der Waals surface area contributed by atoms with Crippen LogP contribution in [-0.2, 0) is 30.2 Å². The van der Waals surface area contributed by atoms with Gasteiger partial charge >= 0.3 is 229 Å². The zero-order valence-corrected chi connectivity index (χ0v) is 33.8. The Balaban J connectivity index is 1.20. The summed E-state index contributed by atoms with van der Waals surface area (Å²) >= 11 is 2.45. The second-order valence-electron chi connectivity index (χ2n) is 16.3. The summed E-state index contributed by atoms with van der Waals surface area (Å²) in [6.07, 6.45) is 1.91. The molecular formula is C47H44N4OPt. The predicted octanol–water partition coefficient (Wildman–Crippen LogP) is 12.0. The maximum atomic E-state index is 6.76. The average Bonchev–Trinajstić information content (AvgIpc) is 3.65. The van der Waals surface area contributed by atoms with Gasteiger partial charge in [0.25, 0.3) is 0 Å². The Hall–Kier alpha value is -4.99. The van der Waals surface area contributed by atoms with E-state index in [1.807, 2.05) is 12.3 Å². The third-order valence-corrected chi connectivity index (χ3v) is 13.8. The summed E-state index contributed by atoms with van der Waals surface area (Å²) in [6.45, 7) is 18.8. The van der Waals surface area contributed by atoms with Crippen molar-refractivity contribution in [2.24, 2.45) is 5.41 Å². The molecule has 0 saturated carbocycles. The van der Waals surface area contributed by atoms with E-state index in [-0.39, 0.29) is 16.2 Å². The van der Waals surface area contributed by atoms with Gasteiger partial charge in [-0.25, -0.2) is 0 Å². The standard InChI is InChI=1S/C47H44N4O.Pt/c1-30-16-18-32(19-17-30)49-29-50(39-15-10-9-14-38(39)49)33-12-11-13-34(27-33)52-35-20-21-36-41(28-35)51(42-26-31(2)24-25-48-42)40-23-22-37-44(43(36)40)46(5,6)47(7,8)45(37,3)4;/h9-28H,1-8H3;. The van der Waals surface area contributed by atoms with Crippen LogP contribution in [0.5, 0.6) is 11.5 Å². The van der Waals surface area contributed by atoms with Crippen LogP contribution in [0, 0.1) is 23.1 Å². The number of aryl methyl sites for hydroxylation is 2. The quantitative estimate of drug-likeness (QED) is 0.173. The normalized spacial score (nSPS) is 15.7. The van der Waals surface area contributed by atoms with Crippen LogP contribution in [0.4, 0.5) is 0 Å². The van der Waals surface area contributed by atoms with E-state index in [2.05, 4.69) is 198 Å². The van der Waals surface area contributed by atoms with Crippen molar-refractivity contribution in [1.82, 2.24) is 18.7 Å². The first kappa shape index (κ1) is 33.8. The van der Waals surface area contributed by atoms with E-state index in [0.29, 0.717) is 0 Å². The van der Waals surface area contributed by atoms with Crippen molar-refractivity contribution < 1.29 is 24.1 Å². The molecule has 1 aliphatic carbocycles. The Kier molecular flexibility index (Phi) is 7.50. The number of aromatic nitrogens is 4. The van der Waals surface area contributed by atoms with Gasteiger partial charge in [0.15, 0.2) is 0 Å². The van der Waals surface area contributed by atoms with Gasteiger partial charge in [-0.05, 0) is 40.4 Å². The van der Waals surface area contributed by atoms with E-state index >= 15 is 0 Å². The van der Waals surface area contributed by atoms with Crippen molar-refractivity contribution in [3.63, 3.8) is 0 Å². The number of hydrogen-bond donors (Lipinski definition) is 0. The molecule has 8 aromatic rings. The molecule has 0 saturated heterocycles. The Morgan fingerprint density at radius 3 is 1.98 bits per heavy atom. The number of pyridine rings is 1. The van der Waals surface area contributed by atoms with E-state index in [1.54, 1.807) is 0 Å². The van der Waals surface area contributed by atoms with Crippen LogP contribution in [0.2, 0.25) is 0 Å². The molecule has 0 amide bonds. The molecule has 9 rings (SSSR count). The van der Waals surface area contributed by atoms with Gasteiger partial charge in [-0.15, -0.1) is 0 Å². The van der Waals surface area contributed by atoms with Crippen LogP contribution in [-0.4, -0.2) is 18.7 Å². The number of para-hydroxylation sites is 2. The molecular weight excluding hydrogens is 832 g/mol. The van der Waals surface area contributed by atoms with Gasteiger partial charge in [0, 0.05) is 6.20 Å². The first-order valence-corrected chi connectivity index (χ1v) is 19.5. The number of benzene rings is 5. The molecule has 0 radical (unpaired) electrons. The van der Waals surface area contributed by atoms with Crippen LogP contribution >= 0.6 is 0 Å². The number of fused-ring (bicyclic) bond motifs is 6. The number of ether oxygens (including phenoxy) is 1. The maximum absolute atomic E-state index is 6.76. The van der Waals surface area contributed by atoms with E-state index in [1.165, 1.54) is 38.5 Å². The van der Waals surface area contributed by atoms with Crippen molar-refractivity contribution in [3.8, 4) is 28.7 Å². The van der Waals surface area contributed by atoms with Crippen molar-refractivity contribution in [2.45, 2.75) is 66.2 Å². The number of nitrogens with zero attached hydrogens (tertiary/aromatic N) is 4. The fourth-order valence-electron chi connectivity index (χ4n) is 8.76. The summed E-state index contributed by atoms with van der Waals surface area (Å²) in [7, 11) is 0. The number of hydrogen-bond acceptors (Lipinski definition) is 2. The molecule has 1 aliphatic rings. The molecule has 0 fully saturated rings. The monoisotopic (exact) mass is 875 g/mol. The van der Waals surface area contributed by atoms with E-state index in [4.69, 9.17) is 9.72 Å². The Morgan fingerprint density at radius 2 is 1.26 bits per heavy atom. The van der Waals surface area contributed by atoms with Gasteiger partial charge in [0.1, 0.15) is 0 Å². The molecule has 5 nitrogen and oxygen atoms in total. The van der Waals surface area contributed by atoms with Gasteiger partial charge in [-0.1, -0.05) is 47.6 Å². The van der Waals surface area contributed by atoms with Crippen LogP contribution < -0.4 is 4.74 Å². The molecule has 0 spiro atoms. The molecule has 6 heteroatoms. The SMILES string of the molecule is Cc1ccc(-n2[c](=[Pt])n(-c3cccc(Oc4ccc5c6c7c(ccc6n(-c6cc(C)ccn6)c5c4)C(C)(C)C(C)(C)C7(C)C)c3)c3ccccc32)cc1. The van der Waals surface area contributed by atoms with Crippen molar-refractivity contribution in [1.29, 1.82) is 0 Å². The Labute approximate surface area is 321 Å². The van der Waals surface area contributed by atoms with Crippen LogP contribution in [0.3, 0.4) is 0 Å². The summed E-state index contributed by atoms with van der Waals surface area (Å²) < 4.78 is 14.8. The molecule has 0 unspecified atom stereocenters. The summed E-state index contributed by atoms with van der Waals surface area (Å²) in [5, 5.41) is 2.53. The molecule has 3 heterocycles. The summed E-state index contributed by atoms with van der Waals surface area (Å²) in [5.74, 6) is 2.47. The predicted molar refractivity (Wildman–Crippen MR) is 214 cm³/mol. The second-order valence-corrected chi connectivity index (χ2v) is 17.3. The van der Waals surface area contributed by atoms with Crippen LogP contribution in [0.25, 0.3) is 50.0 Å². The number of rotatable bonds is 5. The van der Waals surface area contributed by atoms with Crippen molar-refractivity contribution in [3.05, 3.63) is 148 Å². The molecule has 3 aromatic heterocycles. The summed E-state index contributed by atoms with van der Waals surface area (Å²) in [5.41, 5.74) is 12.0. The number of imidazole rings is 1. The van der Waals surface area contributed by atoms with Crippen molar-refractivity contribution >= 4 is 32.8 Å². The third-order valence-electron chi connectivity index (χ3n) is 12.8. The zero-order valence-electron chi connectivity index (χ0n) is 31.6.